The summed E-state index contributed by atoms with van der Waals surface area (Å²) in [5.41, 5.74) is -0.639. The second kappa shape index (κ2) is 7.70. The van der Waals surface area contributed by atoms with Crippen molar-refractivity contribution >= 4 is 34.9 Å². The summed E-state index contributed by atoms with van der Waals surface area (Å²) >= 11 is 7.68. The molecule has 3 aliphatic rings. The smallest absolute Gasteiger partial charge is 0.323 e. The summed E-state index contributed by atoms with van der Waals surface area (Å²) in [5, 5.41) is 3.06. The van der Waals surface area contributed by atoms with Crippen LogP contribution < -0.4 is 15.1 Å². The van der Waals surface area contributed by atoms with Crippen LogP contribution in [-0.2, 0) is 11.3 Å². The van der Waals surface area contributed by atoms with Gasteiger partial charge < -0.3 is 15.1 Å². The van der Waals surface area contributed by atoms with E-state index in [1.165, 1.54) is 14.7 Å². The lowest BCUT2D eigenvalue weighted by atomic mass is 9.73. The monoisotopic (exact) mass is 412 g/mol. The fourth-order valence-electron chi connectivity index (χ4n) is 4.85. The summed E-state index contributed by atoms with van der Waals surface area (Å²) in [7, 11) is 0. The molecule has 1 aliphatic carbocycles. The third kappa shape index (κ3) is 3.75. The fraction of sp³-hybridized carbons (Fsp3) is 0.684. The number of rotatable bonds is 4. The Morgan fingerprint density at radius 1 is 1.22 bits per heavy atom. The van der Waals surface area contributed by atoms with E-state index >= 15 is 0 Å². The molecule has 4 rings (SSSR count). The average molecular weight is 413 g/mol. The number of hydrogen-bond acceptors (Lipinski definition) is 3. The van der Waals surface area contributed by atoms with Crippen LogP contribution >= 0.6 is 22.9 Å². The van der Waals surface area contributed by atoms with Crippen molar-refractivity contribution in [3.63, 3.8) is 0 Å². The van der Waals surface area contributed by atoms with E-state index in [-0.39, 0.29) is 17.9 Å². The van der Waals surface area contributed by atoms with Crippen molar-refractivity contribution in [2.24, 2.45) is 5.92 Å². The van der Waals surface area contributed by atoms with Crippen LogP contribution in [0.5, 0.6) is 0 Å². The van der Waals surface area contributed by atoms with E-state index in [0.29, 0.717) is 6.67 Å². The standard InChI is InChI=1S/C19H27ClN4O2S/c1-14-4-2-3-7-19(14)17(25)24(18(26)21-19)13-23-10-8-22(9-11-23)12-15-5-6-16(20)27-15/h5-6,14H,2-4,7-13H2,1H3,(H,21,26)/p+2/t14-,19+/m1/s1. The Kier molecular flexibility index (Phi) is 5.47. The van der Waals surface area contributed by atoms with E-state index in [0.717, 1.165) is 62.7 Å². The molecule has 0 bridgehead atoms. The molecule has 2 saturated heterocycles. The Morgan fingerprint density at radius 3 is 2.63 bits per heavy atom. The van der Waals surface area contributed by atoms with Gasteiger partial charge in [-0.2, -0.15) is 0 Å². The van der Waals surface area contributed by atoms with Crippen molar-refractivity contribution in [3.8, 4) is 0 Å². The Labute approximate surface area is 169 Å². The number of imide groups is 1. The molecule has 1 aromatic rings. The van der Waals surface area contributed by atoms with Crippen LogP contribution in [0.25, 0.3) is 0 Å². The summed E-state index contributed by atoms with van der Waals surface area (Å²) in [6.07, 6.45) is 3.97. The molecule has 1 saturated carbocycles. The molecular weight excluding hydrogens is 384 g/mol. The number of carbonyl (C=O) groups is 2. The number of quaternary nitrogens is 2. The quantitative estimate of drug-likeness (QED) is 0.616. The lowest BCUT2D eigenvalue weighted by Crippen LogP contribution is -3.28. The van der Waals surface area contributed by atoms with Gasteiger partial charge in [-0.1, -0.05) is 31.4 Å². The second-order valence-electron chi connectivity index (χ2n) is 8.32. The van der Waals surface area contributed by atoms with E-state index < -0.39 is 5.54 Å². The van der Waals surface area contributed by atoms with E-state index in [2.05, 4.69) is 18.3 Å². The van der Waals surface area contributed by atoms with E-state index in [9.17, 15) is 9.59 Å². The van der Waals surface area contributed by atoms with Crippen LogP contribution in [0.3, 0.4) is 0 Å². The molecule has 0 unspecified atom stereocenters. The van der Waals surface area contributed by atoms with Gasteiger partial charge >= 0.3 is 6.03 Å². The van der Waals surface area contributed by atoms with Crippen molar-refractivity contribution in [1.82, 2.24) is 10.2 Å². The third-order valence-electron chi connectivity index (χ3n) is 6.60. The van der Waals surface area contributed by atoms with Crippen LogP contribution in [0, 0.1) is 5.92 Å². The summed E-state index contributed by atoms with van der Waals surface area (Å²) in [5.74, 6) is 0.233. The van der Waals surface area contributed by atoms with Crippen LogP contribution in [0.2, 0.25) is 4.34 Å². The molecule has 3 N–H and O–H groups in total. The van der Waals surface area contributed by atoms with Gasteiger partial charge in [0.05, 0.1) is 9.21 Å². The number of carbonyl (C=O) groups excluding carboxylic acids is 2. The van der Waals surface area contributed by atoms with Crippen LogP contribution in [0.4, 0.5) is 4.79 Å². The van der Waals surface area contributed by atoms with Gasteiger partial charge in [-0.15, -0.1) is 11.3 Å². The minimum Gasteiger partial charge on any atom is -0.323 e. The Bertz CT molecular complexity index is 718. The van der Waals surface area contributed by atoms with Crippen LogP contribution in [0.1, 0.15) is 37.5 Å². The first-order valence-corrected chi connectivity index (χ1v) is 11.2. The molecule has 2 aliphatic heterocycles. The van der Waals surface area contributed by atoms with Crippen molar-refractivity contribution < 1.29 is 19.4 Å². The average Bonchev–Trinajstić information content (AvgIpc) is 3.16. The number of urea groups is 1. The Hall–Kier alpha value is -1.15. The normalized spacial score (nSPS) is 34.3. The first-order valence-electron chi connectivity index (χ1n) is 10.0. The summed E-state index contributed by atoms with van der Waals surface area (Å²) in [4.78, 5) is 31.3. The summed E-state index contributed by atoms with van der Waals surface area (Å²) in [6.45, 7) is 7.67. The number of hydrogen-bond donors (Lipinski definition) is 3. The minimum atomic E-state index is -0.639. The van der Waals surface area contributed by atoms with Crippen molar-refractivity contribution in [2.75, 3.05) is 32.8 Å². The van der Waals surface area contributed by atoms with Gasteiger partial charge in [0.15, 0.2) is 6.67 Å². The molecule has 27 heavy (non-hydrogen) atoms. The number of halogens is 1. The summed E-state index contributed by atoms with van der Waals surface area (Å²) in [6, 6.07) is 3.88. The predicted molar refractivity (Wildman–Crippen MR) is 105 cm³/mol. The highest BCUT2D eigenvalue weighted by Crippen LogP contribution is 2.37. The maximum absolute atomic E-state index is 13.1. The van der Waals surface area contributed by atoms with E-state index in [1.807, 2.05) is 6.07 Å². The van der Waals surface area contributed by atoms with Crippen LogP contribution in [-0.4, -0.2) is 55.2 Å². The lowest BCUT2D eigenvalue weighted by Gasteiger charge is -2.37. The molecule has 3 fully saturated rings. The SMILES string of the molecule is C[C@@H]1CCCC[C@]12NC(=O)N(C[NH+]1CC[NH+](Cc3ccc(Cl)s3)CC1)C2=O. The highest BCUT2D eigenvalue weighted by molar-refractivity contribution is 7.16. The number of piperazine rings is 1. The largest absolute Gasteiger partial charge is 0.329 e. The molecule has 8 heteroatoms. The van der Waals surface area contributed by atoms with Crippen molar-refractivity contribution in [2.45, 2.75) is 44.7 Å². The van der Waals surface area contributed by atoms with Gasteiger partial charge in [0.25, 0.3) is 5.91 Å². The molecule has 3 heterocycles. The topological polar surface area (TPSA) is 58.3 Å². The van der Waals surface area contributed by atoms with Gasteiger partial charge in [0.2, 0.25) is 0 Å². The molecule has 6 nitrogen and oxygen atoms in total. The zero-order valence-electron chi connectivity index (χ0n) is 15.9. The first kappa shape index (κ1) is 19.2. The van der Waals surface area contributed by atoms with Gasteiger partial charge in [-0.25, -0.2) is 9.69 Å². The number of amides is 3. The lowest BCUT2D eigenvalue weighted by molar-refractivity contribution is -1.02. The number of thiophene rings is 1. The second-order valence-corrected chi connectivity index (χ2v) is 10.1. The zero-order valence-corrected chi connectivity index (χ0v) is 17.4. The van der Waals surface area contributed by atoms with Gasteiger partial charge in [-0.05, 0) is 30.9 Å². The maximum Gasteiger partial charge on any atom is 0.329 e. The highest BCUT2D eigenvalue weighted by Gasteiger charge is 2.55. The third-order valence-corrected chi connectivity index (χ3v) is 7.83. The maximum atomic E-state index is 13.1. The molecule has 1 aromatic heterocycles. The molecule has 1 spiro atoms. The highest BCUT2D eigenvalue weighted by atomic mass is 35.5. The van der Waals surface area contributed by atoms with Crippen molar-refractivity contribution in [1.29, 1.82) is 0 Å². The molecule has 0 aromatic carbocycles. The zero-order chi connectivity index (χ0) is 19.0. The Morgan fingerprint density at radius 2 is 1.96 bits per heavy atom. The number of nitrogens with zero attached hydrogens (tertiary/aromatic N) is 1. The molecule has 148 valence electrons. The van der Waals surface area contributed by atoms with Gasteiger partial charge in [-0.3, -0.25) is 4.79 Å². The molecule has 3 amide bonds. The fourth-order valence-corrected chi connectivity index (χ4v) is 6.01. The predicted octanol–water partition coefficient (Wildman–Crippen LogP) is 0.143. The van der Waals surface area contributed by atoms with Crippen molar-refractivity contribution in [3.05, 3.63) is 21.3 Å². The Balaban J connectivity index is 1.32. The molecule has 2 atom stereocenters. The summed E-state index contributed by atoms with van der Waals surface area (Å²) < 4.78 is 0.845. The van der Waals surface area contributed by atoms with Gasteiger partial charge in [0, 0.05) is 0 Å². The van der Waals surface area contributed by atoms with E-state index in [4.69, 9.17) is 11.6 Å². The molecular formula is C19H29ClN4O2S+2. The minimum absolute atomic E-state index is 0.00945. The van der Waals surface area contributed by atoms with E-state index in [1.54, 1.807) is 16.2 Å². The molecule has 0 radical (unpaired) electrons. The first-order chi connectivity index (χ1) is 13.0. The van der Waals surface area contributed by atoms with Gasteiger partial charge in [0.1, 0.15) is 38.3 Å². The van der Waals surface area contributed by atoms with Crippen LogP contribution in [0.15, 0.2) is 12.1 Å². The number of nitrogens with one attached hydrogen (secondary N) is 3.